The molecule has 0 bridgehead atoms. The molecule has 2 N–H and O–H groups in total. The number of furan rings is 1. The highest BCUT2D eigenvalue weighted by Gasteiger charge is 2.26. The summed E-state index contributed by atoms with van der Waals surface area (Å²) in [6.45, 7) is 2.68. The number of nitrogens with zero attached hydrogens (tertiary/aromatic N) is 2. The molecule has 8 heteroatoms. The largest absolute Gasteiger partial charge is 0.504 e. The van der Waals surface area contributed by atoms with Gasteiger partial charge >= 0.3 is 5.97 Å². The van der Waals surface area contributed by atoms with E-state index in [0.717, 1.165) is 11.1 Å². The van der Waals surface area contributed by atoms with Crippen molar-refractivity contribution >= 4 is 35.5 Å². The number of allylic oxidation sites excluding steroid dienone is 1. The van der Waals surface area contributed by atoms with E-state index in [1.807, 2.05) is 6.07 Å². The van der Waals surface area contributed by atoms with Crippen molar-refractivity contribution in [1.29, 1.82) is 0 Å². The molecule has 1 aliphatic heterocycles. The van der Waals surface area contributed by atoms with Crippen molar-refractivity contribution in [2.24, 2.45) is 4.99 Å². The Morgan fingerprint density at radius 3 is 3.08 bits per heavy atom. The summed E-state index contributed by atoms with van der Waals surface area (Å²) in [5.41, 5.74) is 1.49. The normalized spacial score (nSPS) is 13.8. The number of esters is 1. The SMILES string of the molecule is CCOC(=O)c1c(NCCOC)oc(C=C2C=Nc3ncccc32)c1O. The number of hydrogen-bond acceptors (Lipinski definition) is 8. The van der Waals surface area contributed by atoms with Gasteiger partial charge < -0.3 is 24.3 Å². The second kappa shape index (κ2) is 7.83. The first-order valence-electron chi connectivity index (χ1n) is 8.12. The van der Waals surface area contributed by atoms with Gasteiger partial charge in [0.25, 0.3) is 0 Å². The highest BCUT2D eigenvalue weighted by atomic mass is 16.5. The number of anilines is 1. The number of aliphatic imine (C=N–C) groups is 1. The van der Waals surface area contributed by atoms with Crippen LogP contribution in [0.4, 0.5) is 11.7 Å². The molecule has 0 aromatic carbocycles. The first kappa shape index (κ1) is 17.7. The van der Waals surface area contributed by atoms with E-state index in [9.17, 15) is 9.90 Å². The lowest BCUT2D eigenvalue weighted by molar-refractivity contribution is 0.0524. The third kappa shape index (κ3) is 3.45. The minimum Gasteiger partial charge on any atom is -0.504 e. The summed E-state index contributed by atoms with van der Waals surface area (Å²) in [7, 11) is 1.56. The number of nitrogens with one attached hydrogen (secondary N) is 1. The van der Waals surface area contributed by atoms with Gasteiger partial charge in [0.1, 0.15) is 0 Å². The van der Waals surface area contributed by atoms with Crippen molar-refractivity contribution in [3.63, 3.8) is 0 Å². The fraction of sp³-hybridized carbons (Fsp3) is 0.278. The zero-order valence-corrected chi connectivity index (χ0v) is 14.5. The third-order valence-electron chi connectivity index (χ3n) is 3.69. The average Bonchev–Trinajstić information content (AvgIpc) is 3.18. The molecule has 0 saturated carbocycles. The monoisotopic (exact) mass is 357 g/mol. The van der Waals surface area contributed by atoms with E-state index in [4.69, 9.17) is 13.9 Å². The number of hydrogen-bond donors (Lipinski definition) is 2. The summed E-state index contributed by atoms with van der Waals surface area (Å²) in [4.78, 5) is 20.6. The molecule has 0 unspecified atom stereocenters. The van der Waals surface area contributed by atoms with E-state index in [1.165, 1.54) is 0 Å². The van der Waals surface area contributed by atoms with Crippen LogP contribution >= 0.6 is 0 Å². The smallest absolute Gasteiger partial charge is 0.347 e. The maximum atomic E-state index is 12.2. The van der Waals surface area contributed by atoms with Crippen LogP contribution in [0, 0.1) is 0 Å². The lowest BCUT2D eigenvalue weighted by atomic mass is 10.1. The second-order valence-corrected chi connectivity index (χ2v) is 5.39. The molecule has 0 fully saturated rings. The van der Waals surface area contributed by atoms with Gasteiger partial charge in [0.05, 0.1) is 13.2 Å². The van der Waals surface area contributed by atoms with Gasteiger partial charge in [-0.3, -0.25) is 0 Å². The van der Waals surface area contributed by atoms with Crippen molar-refractivity contribution in [1.82, 2.24) is 4.98 Å². The molecule has 0 saturated heterocycles. The number of aromatic nitrogens is 1. The first-order chi connectivity index (χ1) is 12.7. The molecule has 1 aliphatic rings. The molecule has 136 valence electrons. The standard InChI is InChI=1S/C18H19N3O5/c1-3-25-18(23)14-15(22)13(26-17(14)20-7-8-24-2)9-11-10-21-16-12(11)5-4-6-19-16/h4-6,9-10,20,22H,3,7-8H2,1-2H3. The Morgan fingerprint density at radius 1 is 1.46 bits per heavy atom. The third-order valence-corrected chi connectivity index (χ3v) is 3.69. The lowest BCUT2D eigenvalue weighted by Gasteiger charge is -2.05. The molecule has 0 spiro atoms. The first-order valence-corrected chi connectivity index (χ1v) is 8.12. The minimum atomic E-state index is -0.666. The number of fused-ring (bicyclic) bond motifs is 1. The number of methoxy groups -OCH3 is 1. The summed E-state index contributed by atoms with van der Waals surface area (Å²) in [6.07, 6.45) is 4.89. The van der Waals surface area contributed by atoms with Crippen molar-refractivity contribution in [2.45, 2.75) is 6.92 Å². The van der Waals surface area contributed by atoms with Gasteiger partial charge in [-0.25, -0.2) is 14.8 Å². The molecule has 0 radical (unpaired) electrons. The van der Waals surface area contributed by atoms with Crippen LogP contribution in [0.25, 0.3) is 11.6 Å². The zero-order valence-electron chi connectivity index (χ0n) is 14.5. The number of carbonyl (C=O) groups is 1. The quantitative estimate of drug-likeness (QED) is 0.579. The van der Waals surface area contributed by atoms with Crippen LogP contribution < -0.4 is 5.32 Å². The molecule has 26 heavy (non-hydrogen) atoms. The summed E-state index contributed by atoms with van der Waals surface area (Å²) in [5, 5.41) is 13.4. The fourth-order valence-electron chi connectivity index (χ4n) is 2.50. The molecular weight excluding hydrogens is 338 g/mol. The van der Waals surface area contributed by atoms with Crippen molar-refractivity contribution in [2.75, 3.05) is 32.2 Å². The average molecular weight is 357 g/mol. The van der Waals surface area contributed by atoms with Crippen molar-refractivity contribution in [3.8, 4) is 5.75 Å². The summed E-state index contributed by atoms with van der Waals surface area (Å²) >= 11 is 0. The Kier molecular flexibility index (Phi) is 5.33. The van der Waals surface area contributed by atoms with Crippen LogP contribution in [-0.2, 0) is 9.47 Å². The lowest BCUT2D eigenvalue weighted by Crippen LogP contribution is -2.11. The van der Waals surface area contributed by atoms with E-state index >= 15 is 0 Å². The Labute approximate surface area is 150 Å². The van der Waals surface area contributed by atoms with Gasteiger partial charge in [0, 0.05) is 37.2 Å². The predicted molar refractivity (Wildman–Crippen MR) is 97.0 cm³/mol. The second-order valence-electron chi connectivity index (χ2n) is 5.39. The van der Waals surface area contributed by atoms with E-state index < -0.39 is 5.97 Å². The van der Waals surface area contributed by atoms with Gasteiger partial charge in [-0.15, -0.1) is 0 Å². The van der Waals surface area contributed by atoms with Gasteiger partial charge in [-0.2, -0.15) is 0 Å². The highest BCUT2D eigenvalue weighted by Crippen LogP contribution is 2.38. The van der Waals surface area contributed by atoms with E-state index in [0.29, 0.717) is 19.0 Å². The number of rotatable bonds is 7. The Balaban J connectivity index is 1.98. The van der Waals surface area contributed by atoms with Gasteiger partial charge in [-0.1, -0.05) is 0 Å². The fourth-order valence-corrected chi connectivity index (χ4v) is 2.50. The number of ether oxygens (including phenoxy) is 2. The molecule has 3 heterocycles. The highest BCUT2D eigenvalue weighted by molar-refractivity contribution is 6.21. The van der Waals surface area contributed by atoms with Crippen molar-refractivity contribution < 1.29 is 23.8 Å². The van der Waals surface area contributed by atoms with E-state index in [-0.39, 0.29) is 29.6 Å². The molecule has 3 rings (SSSR count). The summed E-state index contributed by atoms with van der Waals surface area (Å²) in [5.74, 6) is -0.103. The van der Waals surface area contributed by atoms with Gasteiger partial charge in [-0.05, 0) is 25.1 Å². The summed E-state index contributed by atoms with van der Waals surface area (Å²) < 4.78 is 15.6. The molecule has 0 aliphatic carbocycles. The topological polar surface area (TPSA) is 106 Å². The van der Waals surface area contributed by atoms with E-state index in [2.05, 4.69) is 15.3 Å². The molecule has 0 amide bonds. The Hall–Kier alpha value is -3.13. The van der Waals surface area contributed by atoms with Crippen LogP contribution in [0.2, 0.25) is 0 Å². The van der Waals surface area contributed by atoms with Crippen molar-refractivity contribution in [3.05, 3.63) is 35.2 Å². The molecule has 2 aromatic heterocycles. The van der Waals surface area contributed by atoms with Crippen LogP contribution in [0.5, 0.6) is 5.75 Å². The molecule has 0 atom stereocenters. The molecule has 2 aromatic rings. The van der Waals surface area contributed by atoms with E-state index in [1.54, 1.807) is 38.6 Å². The Morgan fingerprint density at radius 2 is 2.31 bits per heavy atom. The zero-order chi connectivity index (χ0) is 18.5. The Bertz CT molecular complexity index is 870. The maximum absolute atomic E-state index is 12.2. The van der Waals surface area contributed by atoms with Crippen LogP contribution in [0.3, 0.4) is 0 Å². The van der Waals surface area contributed by atoms with Gasteiger partial charge in [0.2, 0.25) is 5.88 Å². The molecular formula is C18H19N3O5. The number of carbonyl (C=O) groups excluding carboxylic acids is 1. The maximum Gasteiger partial charge on any atom is 0.347 e. The van der Waals surface area contributed by atoms with Gasteiger partial charge in [0.15, 0.2) is 22.9 Å². The predicted octanol–water partition coefficient (Wildman–Crippen LogP) is 2.87. The summed E-state index contributed by atoms with van der Waals surface area (Å²) in [6, 6.07) is 3.66. The minimum absolute atomic E-state index is 0.0452. The van der Waals surface area contributed by atoms with Crippen LogP contribution in [-0.4, -0.2) is 49.1 Å². The number of pyridine rings is 1. The van der Waals surface area contributed by atoms with Crippen LogP contribution in [0.1, 0.15) is 28.6 Å². The molecule has 8 nitrogen and oxygen atoms in total. The van der Waals surface area contributed by atoms with Crippen LogP contribution in [0.15, 0.2) is 27.7 Å². The number of aromatic hydroxyl groups is 1.